The molecule has 0 aliphatic carbocycles. The number of hydrogen-bond acceptors (Lipinski definition) is 3. The third-order valence-corrected chi connectivity index (χ3v) is 2.55. The van der Waals surface area contributed by atoms with Crippen molar-refractivity contribution in [2.45, 2.75) is 32.7 Å². The van der Waals surface area contributed by atoms with Gasteiger partial charge in [-0.2, -0.15) is 0 Å². The van der Waals surface area contributed by atoms with E-state index in [0.717, 1.165) is 26.1 Å². The molecule has 0 aliphatic rings. The summed E-state index contributed by atoms with van der Waals surface area (Å²) in [4.78, 5) is 13.2. The van der Waals surface area contributed by atoms with E-state index in [1.807, 2.05) is 0 Å². The first kappa shape index (κ1) is 14.4. The lowest BCUT2D eigenvalue weighted by atomic mass is 10.3. The molecular weight excluding hydrogens is 190 g/mol. The summed E-state index contributed by atoms with van der Waals surface area (Å²) in [5.41, 5.74) is 0. The van der Waals surface area contributed by atoms with Crippen molar-refractivity contribution in [3.05, 3.63) is 0 Å². The normalized spacial score (nSPS) is 11.1. The number of carbonyl (C=O) groups excluding carboxylic acids is 1. The molecule has 0 saturated carbocycles. The number of nitrogens with zero attached hydrogens (tertiary/aromatic N) is 1. The van der Waals surface area contributed by atoms with Gasteiger partial charge < -0.3 is 15.5 Å². The smallest absolute Gasteiger partial charge is 0.221 e. The maximum atomic E-state index is 10.9. The fourth-order valence-electron chi connectivity index (χ4n) is 1.16. The highest BCUT2D eigenvalue weighted by molar-refractivity contribution is 5.75. The Hall–Kier alpha value is -0.610. The lowest BCUT2D eigenvalue weighted by molar-refractivity contribution is -0.120. The van der Waals surface area contributed by atoms with Crippen LogP contribution in [0.5, 0.6) is 0 Å². The molecule has 4 nitrogen and oxygen atoms in total. The molecule has 0 saturated heterocycles. The van der Waals surface area contributed by atoms with Gasteiger partial charge in [0.1, 0.15) is 0 Å². The highest BCUT2D eigenvalue weighted by Crippen LogP contribution is 1.93. The fraction of sp³-hybridized carbons (Fsp3) is 0.909. The van der Waals surface area contributed by atoms with Crippen molar-refractivity contribution in [1.82, 2.24) is 15.5 Å². The van der Waals surface area contributed by atoms with E-state index in [2.05, 4.69) is 36.4 Å². The maximum absolute atomic E-state index is 10.9. The number of hydrogen-bond donors (Lipinski definition) is 2. The second-order valence-electron chi connectivity index (χ2n) is 4.10. The van der Waals surface area contributed by atoms with Gasteiger partial charge in [0, 0.05) is 26.1 Å². The zero-order valence-corrected chi connectivity index (χ0v) is 10.5. The Kier molecular flexibility index (Phi) is 8.33. The zero-order valence-electron chi connectivity index (χ0n) is 10.5. The fourth-order valence-corrected chi connectivity index (χ4v) is 1.16. The summed E-state index contributed by atoms with van der Waals surface area (Å²) in [7, 11) is 3.80. The Labute approximate surface area is 93.4 Å². The second-order valence-corrected chi connectivity index (χ2v) is 4.10. The maximum Gasteiger partial charge on any atom is 0.221 e. The molecular formula is C11H25N3O. The molecule has 0 aromatic rings. The second kappa shape index (κ2) is 8.68. The Morgan fingerprint density at radius 2 is 2.00 bits per heavy atom. The van der Waals surface area contributed by atoms with E-state index in [-0.39, 0.29) is 5.91 Å². The highest BCUT2D eigenvalue weighted by Gasteiger charge is 2.01. The van der Waals surface area contributed by atoms with Gasteiger partial charge in [-0.15, -0.1) is 0 Å². The Morgan fingerprint density at radius 3 is 2.53 bits per heavy atom. The van der Waals surface area contributed by atoms with E-state index in [1.165, 1.54) is 0 Å². The molecule has 0 fully saturated rings. The monoisotopic (exact) mass is 215 g/mol. The van der Waals surface area contributed by atoms with Gasteiger partial charge in [-0.3, -0.25) is 4.79 Å². The summed E-state index contributed by atoms with van der Waals surface area (Å²) in [6.45, 7) is 7.24. The Bertz CT molecular complexity index is 171. The molecule has 0 rings (SSSR count). The minimum absolute atomic E-state index is 0.0989. The van der Waals surface area contributed by atoms with Crippen molar-refractivity contribution in [3.8, 4) is 0 Å². The van der Waals surface area contributed by atoms with Gasteiger partial charge in [-0.1, -0.05) is 0 Å². The topological polar surface area (TPSA) is 44.4 Å². The Morgan fingerprint density at radius 1 is 1.33 bits per heavy atom. The van der Waals surface area contributed by atoms with Gasteiger partial charge in [-0.05, 0) is 40.4 Å². The number of rotatable bonds is 8. The molecule has 0 atom stereocenters. The van der Waals surface area contributed by atoms with Crippen molar-refractivity contribution in [2.24, 2.45) is 0 Å². The third-order valence-electron chi connectivity index (χ3n) is 2.55. The first-order valence-electron chi connectivity index (χ1n) is 5.69. The van der Waals surface area contributed by atoms with E-state index in [4.69, 9.17) is 0 Å². The van der Waals surface area contributed by atoms with Crippen LogP contribution in [-0.4, -0.2) is 50.6 Å². The predicted molar refractivity (Wildman–Crippen MR) is 63.9 cm³/mol. The minimum Gasteiger partial charge on any atom is -0.359 e. The highest BCUT2D eigenvalue weighted by atomic mass is 16.1. The standard InChI is InChI=1S/C11H25N3O/c1-10(2)14(4)9-5-7-13-8-6-11(15)12-3/h10,13H,5-9H2,1-4H3,(H,12,15). The average Bonchev–Trinajstić information content (AvgIpc) is 2.22. The molecule has 0 aromatic carbocycles. The molecule has 0 spiro atoms. The summed E-state index contributed by atoms with van der Waals surface area (Å²) in [5.74, 6) is 0.0989. The van der Waals surface area contributed by atoms with Crippen LogP contribution in [0.2, 0.25) is 0 Å². The first-order chi connectivity index (χ1) is 7.07. The summed E-state index contributed by atoms with van der Waals surface area (Å²) in [5, 5.41) is 5.86. The van der Waals surface area contributed by atoms with Crippen molar-refractivity contribution >= 4 is 5.91 Å². The summed E-state index contributed by atoms with van der Waals surface area (Å²) < 4.78 is 0. The first-order valence-corrected chi connectivity index (χ1v) is 5.69. The summed E-state index contributed by atoms with van der Waals surface area (Å²) >= 11 is 0. The van der Waals surface area contributed by atoms with Crippen LogP contribution < -0.4 is 10.6 Å². The summed E-state index contributed by atoms with van der Waals surface area (Å²) in [6.07, 6.45) is 1.69. The van der Waals surface area contributed by atoms with Crippen LogP contribution >= 0.6 is 0 Å². The molecule has 0 aliphatic heterocycles. The van der Waals surface area contributed by atoms with Crippen LogP contribution in [0.4, 0.5) is 0 Å². The van der Waals surface area contributed by atoms with Crippen LogP contribution in [0.3, 0.4) is 0 Å². The largest absolute Gasteiger partial charge is 0.359 e. The molecule has 90 valence electrons. The van der Waals surface area contributed by atoms with Crippen LogP contribution in [0.15, 0.2) is 0 Å². The molecule has 1 amide bonds. The zero-order chi connectivity index (χ0) is 11.7. The van der Waals surface area contributed by atoms with Crippen LogP contribution in [0.25, 0.3) is 0 Å². The lowest BCUT2D eigenvalue weighted by Crippen LogP contribution is -2.30. The van der Waals surface area contributed by atoms with E-state index in [0.29, 0.717) is 12.5 Å². The van der Waals surface area contributed by atoms with E-state index in [9.17, 15) is 4.79 Å². The van der Waals surface area contributed by atoms with E-state index < -0.39 is 0 Å². The number of nitrogens with one attached hydrogen (secondary N) is 2. The van der Waals surface area contributed by atoms with Crippen LogP contribution in [-0.2, 0) is 4.79 Å². The van der Waals surface area contributed by atoms with Gasteiger partial charge in [0.05, 0.1) is 0 Å². The summed E-state index contributed by atoms with van der Waals surface area (Å²) in [6, 6.07) is 0.607. The van der Waals surface area contributed by atoms with Crippen molar-refractivity contribution < 1.29 is 4.79 Å². The van der Waals surface area contributed by atoms with Crippen LogP contribution in [0, 0.1) is 0 Å². The number of carbonyl (C=O) groups is 1. The molecule has 0 radical (unpaired) electrons. The van der Waals surface area contributed by atoms with Gasteiger partial charge >= 0.3 is 0 Å². The van der Waals surface area contributed by atoms with Crippen molar-refractivity contribution in [2.75, 3.05) is 33.7 Å². The van der Waals surface area contributed by atoms with Gasteiger partial charge in [-0.25, -0.2) is 0 Å². The predicted octanol–water partition coefficient (Wildman–Crippen LogP) is 0.442. The van der Waals surface area contributed by atoms with Crippen molar-refractivity contribution in [3.63, 3.8) is 0 Å². The molecule has 0 heterocycles. The van der Waals surface area contributed by atoms with Gasteiger partial charge in [0.15, 0.2) is 0 Å². The van der Waals surface area contributed by atoms with Crippen molar-refractivity contribution in [1.29, 1.82) is 0 Å². The van der Waals surface area contributed by atoms with Gasteiger partial charge in [0.2, 0.25) is 5.91 Å². The third kappa shape index (κ3) is 8.39. The SMILES string of the molecule is CNC(=O)CCNCCCN(C)C(C)C. The quantitative estimate of drug-likeness (QED) is 0.578. The van der Waals surface area contributed by atoms with E-state index >= 15 is 0 Å². The molecule has 0 unspecified atom stereocenters. The lowest BCUT2D eigenvalue weighted by Gasteiger charge is -2.20. The molecule has 15 heavy (non-hydrogen) atoms. The average molecular weight is 215 g/mol. The molecule has 4 heteroatoms. The molecule has 0 bridgehead atoms. The minimum atomic E-state index is 0.0989. The van der Waals surface area contributed by atoms with E-state index in [1.54, 1.807) is 7.05 Å². The molecule has 0 aromatic heterocycles. The Balaban J connectivity index is 3.22. The van der Waals surface area contributed by atoms with Crippen LogP contribution in [0.1, 0.15) is 26.7 Å². The van der Waals surface area contributed by atoms with Gasteiger partial charge in [0.25, 0.3) is 0 Å². The molecule has 2 N–H and O–H groups in total. The number of amides is 1.